The Hall–Kier alpha value is -0.860. The number of sulfonamides is 1. The zero-order valence-corrected chi connectivity index (χ0v) is 14.7. The highest BCUT2D eigenvalue weighted by Gasteiger charge is 2.18. The molecule has 0 aromatic heterocycles. The number of nitrogens with one attached hydrogen (secondary N) is 2. The molecular formula is C14H18Cl2N2O4S. The molecule has 0 aliphatic carbocycles. The monoisotopic (exact) mass is 380 g/mol. The Balaban J connectivity index is 1.79. The molecule has 1 aliphatic rings. The molecule has 1 aromatic rings. The summed E-state index contributed by atoms with van der Waals surface area (Å²) in [5.74, 6) is -0.694. The molecule has 1 unspecified atom stereocenters. The molecule has 1 saturated heterocycles. The number of benzene rings is 1. The summed E-state index contributed by atoms with van der Waals surface area (Å²) >= 11 is 11.7. The Morgan fingerprint density at radius 1 is 1.26 bits per heavy atom. The van der Waals surface area contributed by atoms with Crippen molar-refractivity contribution in [1.29, 1.82) is 0 Å². The van der Waals surface area contributed by atoms with Gasteiger partial charge in [0.25, 0.3) is 0 Å². The zero-order valence-electron chi connectivity index (χ0n) is 12.3. The van der Waals surface area contributed by atoms with Gasteiger partial charge in [-0.2, -0.15) is 0 Å². The van der Waals surface area contributed by atoms with Crippen LogP contribution in [-0.2, 0) is 25.3 Å². The van der Waals surface area contributed by atoms with E-state index in [0.29, 0.717) is 28.8 Å². The number of amides is 1. The maximum Gasteiger partial charge on any atom is 0.235 e. The van der Waals surface area contributed by atoms with E-state index in [4.69, 9.17) is 27.9 Å². The third-order valence-corrected chi connectivity index (χ3v) is 5.02. The van der Waals surface area contributed by atoms with Gasteiger partial charge in [-0.15, -0.1) is 0 Å². The first-order valence-corrected chi connectivity index (χ1v) is 9.55. The molecule has 0 spiro atoms. The van der Waals surface area contributed by atoms with Crippen molar-refractivity contribution in [2.24, 2.45) is 0 Å². The number of hydrogen-bond acceptors (Lipinski definition) is 4. The first kappa shape index (κ1) is 18.5. The average molecular weight is 381 g/mol. The topological polar surface area (TPSA) is 84.5 Å². The van der Waals surface area contributed by atoms with Crippen molar-refractivity contribution in [2.75, 3.05) is 19.7 Å². The van der Waals surface area contributed by atoms with Gasteiger partial charge in [-0.25, -0.2) is 13.1 Å². The number of rotatable bonds is 7. The first-order valence-electron chi connectivity index (χ1n) is 7.15. The second-order valence-corrected chi connectivity index (χ2v) is 7.98. The number of ether oxygens (including phenoxy) is 1. The molecule has 2 rings (SSSR count). The van der Waals surface area contributed by atoms with Crippen LogP contribution < -0.4 is 10.0 Å². The van der Waals surface area contributed by atoms with Crippen LogP contribution in [0.3, 0.4) is 0 Å². The lowest BCUT2D eigenvalue weighted by molar-refractivity contribution is -0.120. The third-order valence-electron chi connectivity index (χ3n) is 3.28. The van der Waals surface area contributed by atoms with Crippen LogP contribution in [0.4, 0.5) is 0 Å². The van der Waals surface area contributed by atoms with E-state index in [1.54, 1.807) is 0 Å². The van der Waals surface area contributed by atoms with E-state index >= 15 is 0 Å². The van der Waals surface area contributed by atoms with Crippen LogP contribution in [0.2, 0.25) is 10.0 Å². The molecule has 1 atom stereocenters. The lowest BCUT2D eigenvalue weighted by Crippen LogP contribution is -2.40. The number of hydrogen-bond donors (Lipinski definition) is 2. The predicted molar refractivity (Wildman–Crippen MR) is 89.1 cm³/mol. The van der Waals surface area contributed by atoms with E-state index in [2.05, 4.69) is 10.0 Å². The van der Waals surface area contributed by atoms with E-state index < -0.39 is 15.9 Å². The van der Waals surface area contributed by atoms with Crippen LogP contribution >= 0.6 is 23.2 Å². The molecule has 1 aliphatic heterocycles. The van der Waals surface area contributed by atoms with Gasteiger partial charge in [-0.05, 0) is 36.6 Å². The molecule has 0 radical (unpaired) electrons. The van der Waals surface area contributed by atoms with Crippen LogP contribution in [-0.4, -0.2) is 40.1 Å². The Bertz CT molecular complexity index is 640. The minimum atomic E-state index is -3.66. The molecule has 1 fully saturated rings. The largest absolute Gasteiger partial charge is 0.376 e. The molecule has 0 bridgehead atoms. The van der Waals surface area contributed by atoms with Gasteiger partial charge >= 0.3 is 0 Å². The standard InChI is InChI=1S/C14H18Cl2N2O4S/c15-11-4-10(5-12(16)6-11)9-23(20,21)18-8-14(19)17-7-13-2-1-3-22-13/h4-6,13,18H,1-3,7-9H2,(H,17,19). The predicted octanol–water partition coefficient (Wildman–Crippen LogP) is 1.71. The van der Waals surface area contributed by atoms with Crippen LogP contribution in [0, 0.1) is 0 Å². The van der Waals surface area contributed by atoms with E-state index in [9.17, 15) is 13.2 Å². The summed E-state index contributed by atoms with van der Waals surface area (Å²) in [6.07, 6.45) is 1.90. The highest BCUT2D eigenvalue weighted by molar-refractivity contribution is 7.88. The van der Waals surface area contributed by atoms with Crippen LogP contribution in [0.5, 0.6) is 0 Å². The highest BCUT2D eigenvalue weighted by Crippen LogP contribution is 2.20. The SMILES string of the molecule is O=C(CNS(=O)(=O)Cc1cc(Cl)cc(Cl)c1)NCC1CCCO1. The quantitative estimate of drug-likeness (QED) is 0.753. The Morgan fingerprint density at radius 3 is 2.57 bits per heavy atom. The van der Waals surface area contributed by atoms with E-state index in [1.807, 2.05) is 0 Å². The van der Waals surface area contributed by atoms with Crippen molar-refractivity contribution in [1.82, 2.24) is 10.0 Å². The summed E-state index contributed by atoms with van der Waals surface area (Å²) in [6, 6.07) is 4.56. The van der Waals surface area contributed by atoms with Crippen molar-refractivity contribution >= 4 is 39.1 Å². The molecular weight excluding hydrogens is 363 g/mol. The zero-order chi connectivity index (χ0) is 16.9. The second-order valence-electron chi connectivity index (χ2n) is 5.30. The summed E-state index contributed by atoms with van der Waals surface area (Å²) in [7, 11) is -3.66. The molecule has 128 valence electrons. The summed E-state index contributed by atoms with van der Waals surface area (Å²) in [5, 5.41) is 3.36. The Kier molecular flexibility index (Phi) is 6.67. The van der Waals surface area contributed by atoms with E-state index in [0.717, 1.165) is 12.8 Å². The molecule has 9 heteroatoms. The van der Waals surface area contributed by atoms with Crippen molar-refractivity contribution in [2.45, 2.75) is 24.7 Å². The smallest absolute Gasteiger partial charge is 0.235 e. The van der Waals surface area contributed by atoms with Gasteiger partial charge in [0.1, 0.15) is 0 Å². The van der Waals surface area contributed by atoms with Crippen molar-refractivity contribution in [3.63, 3.8) is 0 Å². The molecule has 0 saturated carbocycles. The average Bonchev–Trinajstić information content (AvgIpc) is 2.94. The third kappa shape index (κ3) is 6.64. The van der Waals surface area contributed by atoms with Gasteiger partial charge in [0.2, 0.25) is 15.9 Å². The van der Waals surface area contributed by atoms with Gasteiger partial charge in [0.05, 0.1) is 18.4 Å². The van der Waals surface area contributed by atoms with E-state index in [1.165, 1.54) is 18.2 Å². The molecule has 2 N–H and O–H groups in total. The van der Waals surface area contributed by atoms with E-state index in [-0.39, 0.29) is 18.4 Å². The van der Waals surface area contributed by atoms with Crippen molar-refractivity contribution in [3.05, 3.63) is 33.8 Å². The van der Waals surface area contributed by atoms with Crippen LogP contribution in [0.1, 0.15) is 18.4 Å². The summed E-state index contributed by atoms with van der Waals surface area (Å²) < 4.78 is 31.6. The fraction of sp³-hybridized carbons (Fsp3) is 0.500. The number of carbonyl (C=O) groups excluding carboxylic acids is 1. The molecule has 6 nitrogen and oxygen atoms in total. The minimum absolute atomic E-state index is 0.0177. The lowest BCUT2D eigenvalue weighted by Gasteiger charge is -2.11. The van der Waals surface area contributed by atoms with Gasteiger partial charge in [0.15, 0.2) is 0 Å². The Morgan fingerprint density at radius 2 is 1.96 bits per heavy atom. The normalized spacial score (nSPS) is 18.1. The first-order chi connectivity index (χ1) is 10.8. The summed E-state index contributed by atoms with van der Waals surface area (Å²) in [5.41, 5.74) is 0.453. The summed E-state index contributed by atoms with van der Waals surface area (Å²) in [6.45, 7) is 0.781. The molecule has 1 heterocycles. The van der Waals surface area contributed by atoms with Crippen molar-refractivity contribution < 1.29 is 17.9 Å². The molecule has 1 aromatic carbocycles. The maximum absolute atomic E-state index is 12.0. The molecule has 23 heavy (non-hydrogen) atoms. The number of carbonyl (C=O) groups is 1. The van der Waals surface area contributed by atoms with Gasteiger partial charge in [-0.1, -0.05) is 23.2 Å². The number of halogens is 2. The Labute approximate surface area is 145 Å². The fourth-order valence-electron chi connectivity index (χ4n) is 2.24. The van der Waals surface area contributed by atoms with Gasteiger partial charge < -0.3 is 10.1 Å². The van der Waals surface area contributed by atoms with Crippen molar-refractivity contribution in [3.8, 4) is 0 Å². The minimum Gasteiger partial charge on any atom is -0.376 e. The maximum atomic E-state index is 12.0. The lowest BCUT2D eigenvalue weighted by atomic mass is 10.2. The highest BCUT2D eigenvalue weighted by atomic mass is 35.5. The molecule has 1 amide bonds. The second kappa shape index (κ2) is 8.30. The van der Waals surface area contributed by atoms with Gasteiger partial charge in [0, 0.05) is 23.2 Å². The fourth-order valence-corrected chi connectivity index (χ4v) is 3.87. The van der Waals surface area contributed by atoms with Gasteiger partial charge in [-0.3, -0.25) is 4.79 Å². The van der Waals surface area contributed by atoms with Crippen LogP contribution in [0.25, 0.3) is 0 Å². The summed E-state index contributed by atoms with van der Waals surface area (Å²) in [4.78, 5) is 11.7. The van der Waals surface area contributed by atoms with Crippen LogP contribution in [0.15, 0.2) is 18.2 Å².